The second-order valence-electron chi connectivity index (χ2n) is 6.88. The molecular formula is C23H14F2N6O. The first-order chi connectivity index (χ1) is 15.6. The van der Waals surface area contributed by atoms with Crippen LogP contribution in [0.3, 0.4) is 0 Å². The van der Waals surface area contributed by atoms with Gasteiger partial charge in [-0.15, -0.1) is 10.2 Å². The molecule has 9 heteroatoms. The Balaban J connectivity index is 1.42. The average molecular weight is 428 g/mol. The zero-order valence-corrected chi connectivity index (χ0v) is 16.4. The van der Waals surface area contributed by atoms with Gasteiger partial charge in [0.2, 0.25) is 0 Å². The van der Waals surface area contributed by atoms with Crippen molar-refractivity contribution in [3.8, 4) is 22.6 Å². The molecule has 0 fully saturated rings. The molecule has 2 aromatic carbocycles. The summed E-state index contributed by atoms with van der Waals surface area (Å²) in [5, 5.41) is 15.5. The van der Waals surface area contributed by atoms with E-state index in [2.05, 4.69) is 25.6 Å². The van der Waals surface area contributed by atoms with E-state index < -0.39 is 23.1 Å². The number of anilines is 1. The van der Waals surface area contributed by atoms with E-state index in [0.717, 1.165) is 23.3 Å². The molecule has 0 saturated heterocycles. The zero-order chi connectivity index (χ0) is 22.1. The van der Waals surface area contributed by atoms with E-state index in [0.29, 0.717) is 22.9 Å². The Bertz CT molecular complexity index is 1410. The Hall–Kier alpha value is -4.53. The van der Waals surface area contributed by atoms with Gasteiger partial charge in [0.25, 0.3) is 5.91 Å². The minimum atomic E-state index is -0.921. The molecule has 0 unspecified atom stereocenters. The molecule has 1 amide bonds. The van der Waals surface area contributed by atoms with Crippen LogP contribution in [0.15, 0.2) is 79.1 Å². The summed E-state index contributed by atoms with van der Waals surface area (Å²) in [6.45, 7) is 0. The van der Waals surface area contributed by atoms with Gasteiger partial charge in [-0.05, 0) is 48.5 Å². The van der Waals surface area contributed by atoms with Crippen molar-refractivity contribution in [1.29, 1.82) is 0 Å². The van der Waals surface area contributed by atoms with E-state index in [4.69, 9.17) is 0 Å². The minimum Gasteiger partial charge on any atom is -0.322 e. The summed E-state index contributed by atoms with van der Waals surface area (Å²) in [6, 6.07) is 17.3. The third-order valence-electron chi connectivity index (χ3n) is 4.83. The molecule has 156 valence electrons. The average Bonchev–Trinajstić information content (AvgIpc) is 3.23. The summed E-state index contributed by atoms with van der Waals surface area (Å²) in [5.41, 5.74) is 2.62. The van der Waals surface area contributed by atoms with Gasteiger partial charge in [0, 0.05) is 29.2 Å². The summed E-state index contributed by atoms with van der Waals surface area (Å²) in [5.74, 6) is -2.12. The number of fused-ring (bicyclic) bond motifs is 1. The Morgan fingerprint density at radius 1 is 0.812 bits per heavy atom. The maximum atomic E-state index is 13.8. The molecule has 0 aliphatic heterocycles. The minimum absolute atomic E-state index is 0.393. The molecule has 0 aliphatic rings. The molecule has 0 atom stereocenters. The van der Waals surface area contributed by atoms with Crippen molar-refractivity contribution in [3.63, 3.8) is 0 Å². The second-order valence-corrected chi connectivity index (χ2v) is 6.88. The van der Waals surface area contributed by atoms with E-state index >= 15 is 0 Å². The highest BCUT2D eigenvalue weighted by atomic mass is 19.1. The quantitative estimate of drug-likeness (QED) is 0.459. The molecule has 7 nitrogen and oxygen atoms in total. The first kappa shape index (κ1) is 19.4. The van der Waals surface area contributed by atoms with Crippen LogP contribution in [0.1, 0.15) is 10.4 Å². The highest BCUT2D eigenvalue weighted by Gasteiger charge is 2.17. The number of carbonyl (C=O) groups is 1. The first-order valence-corrected chi connectivity index (χ1v) is 9.59. The fourth-order valence-electron chi connectivity index (χ4n) is 3.26. The number of halogens is 2. The van der Waals surface area contributed by atoms with E-state index in [1.165, 1.54) is 6.07 Å². The third-order valence-corrected chi connectivity index (χ3v) is 4.83. The van der Waals surface area contributed by atoms with Gasteiger partial charge in [-0.25, -0.2) is 8.78 Å². The molecule has 0 saturated carbocycles. The summed E-state index contributed by atoms with van der Waals surface area (Å²) in [7, 11) is 0. The number of hydrogen-bond acceptors (Lipinski definition) is 5. The van der Waals surface area contributed by atoms with Crippen LogP contribution in [0, 0.1) is 11.6 Å². The van der Waals surface area contributed by atoms with Crippen LogP contribution in [0.4, 0.5) is 14.5 Å². The summed E-state index contributed by atoms with van der Waals surface area (Å²) in [6.07, 6.45) is 3.33. The third kappa shape index (κ3) is 3.56. The largest absolute Gasteiger partial charge is 0.322 e. The highest BCUT2D eigenvalue weighted by molar-refractivity contribution is 6.04. The molecule has 0 aliphatic carbocycles. The summed E-state index contributed by atoms with van der Waals surface area (Å²) >= 11 is 0. The molecule has 0 spiro atoms. The number of amides is 1. The van der Waals surface area contributed by atoms with E-state index in [1.807, 2.05) is 18.2 Å². The Morgan fingerprint density at radius 2 is 1.53 bits per heavy atom. The number of rotatable bonds is 4. The van der Waals surface area contributed by atoms with Gasteiger partial charge in [0.15, 0.2) is 11.5 Å². The fourth-order valence-corrected chi connectivity index (χ4v) is 3.26. The van der Waals surface area contributed by atoms with Crippen molar-refractivity contribution in [2.45, 2.75) is 0 Å². The zero-order valence-electron chi connectivity index (χ0n) is 16.4. The Labute approximate surface area is 180 Å². The molecule has 0 bridgehead atoms. The molecule has 32 heavy (non-hydrogen) atoms. The van der Waals surface area contributed by atoms with E-state index in [1.54, 1.807) is 47.2 Å². The lowest BCUT2D eigenvalue weighted by Crippen LogP contribution is -2.15. The molecule has 0 radical (unpaired) electrons. The van der Waals surface area contributed by atoms with Gasteiger partial charge in [-0.3, -0.25) is 9.78 Å². The van der Waals surface area contributed by atoms with Gasteiger partial charge in [-0.2, -0.15) is 9.61 Å². The molecule has 5 aromatic rings. The van der Waals surface area contributed by atoms with Crippen LogP contribution < -0.4 is 5.32 Å². The lowest BCUT2D eigenvalue weighted by molar-refractivity contribution is 0.101. The van der Waals surface area contributed by atoms with Gasteiger partial charge >= 0.3 is 0 Å². The number of hydrogen-bond donors (Lipinski definition) is 1. The van der Waals surface area contributed by atoms with Gasteiger partial charge in [0.05, 0.1) is 5.69 Å². The maximum Gasteiger partial charge on any atom is 0.261 e. The predicted molar refractivity (Wildman–Crippen MR) is 114 cm³/mol. The van der Waals surface area contributed by atoms with Gasteiger partial charge in [-0.1, -0.05) is 18.2 Å². The number of nitrogens with zero attached hydrogens (tertiary/aromatic N) is 5. The SMILES string of the molecule is O=C(Nc1ccc(-c2ccc3nnc(-c4ccncc4)n3n2)cc1)c1c(F)cccc1F. The molecule has 3 heterocycles. The fraction of sp³-hybridized carbons (Fsp3) is 0. The lowest BCUT2D eigenvalue weighted by atomic mass is 10.1. The van der Waals surface area contributed by atoms with Crippen molar-refractivity contribution >= 4 is 17.2 Å². The van der Waals surface area contributed by atoms with Crippen molar-refractivity contribution in [1.82, 2.24) is 24.8 Å². The second kappa shape index (κ2) is 7.95. The number of aromatic nitrogens is 5. The van der Waals surface area contributed by atoms with Crippen molar-refractivity contribution in [3.05, 3.63) is 96.3 Å². The Morgan fingerprint density at radius 3 is 2.25 bits per heavy atom. The van der Waals surface area contributed by atoms with E-state index in [-0.39, 0.29) is 0 Å². The van der Waals surface area contributed by atoms with Crippen LogP contribution in [0.5, 0.6) is 0 Å². The number of pyridine rings is 1. The monoisotopic (exact) mass is 428 g/mol. The highest BCUT2D eigenvalue weighted by Crippen LogP contribution is 2.23. The summed E-state index contributed by atoms with van der Waals surface area (Å²) < 4.78 is 29.3. The van der Waals surface area contributed by atoms with Crippen molar-refractivity contribution in [2.24, 2.45) is 0 Å². The van der Waals surface area contributed by atoms with Crippen LogP contribution in [-0.2, 0) is 0 Å². The van der Waals surface area contributed by atoms with Crippen LogP contribution in [-0.4, -0.2) is 30.7 Å². The van der Waals surface area contributed by atoms with Crippen molar-refractivity contribution < 1.29 is 13.6 Å². The molecule has 1 N–H and O–H groups in total. The van der Waals surface area contributed by atoms with Crippen molar-refractivity contribution in [2.75, 3.05) is 5.32 Å². The topological polar surface area (TPSA) is 85.1 Å². The lowest BCUT2D eigenvalue weighted by Gasteiger charge is -2.08. The van der Waals surface area contributed by atoms with Crippen LogP contribution in [0.25, 0.3) is 28.3 Å². The molecule has 3 aromatic heterocycles. The smallest absolute Gasteiger partial charge is 0.261 e. The first-order valence-electron chi connectivity index (χ1n) is 9.59. The summed E-state index contributed by atoms with van der Waals surface area (Å²) in [4.78, 5) is 16.3. The standard InChI is InChI=1S/C23H14F2N6O/c24-17-2-1-3-18(25)21(17)23(32)27-16-6-4-14(5-7-16)19-8-9-20-28-29-22(31(20)30-19)15-10-12-26-13-11-15/h1-13H,(H,27,32). The Kier molecular flexibility index (Phi) is 4.83. The predicted octanol–water partition coefficient (Wildman–Crippen LogP) is 4.38. The molecular weight excluding hydrogens is 414 g/mol. The van der Waals surface area contributed by atoms with Gasteiger partial charge in [0.1, 0.15) is 17.2 Å². The normalized spacial score (nSPS) is 10.9. The number of carbonyl (C=O) groups excluding carboxylic acids is 1. The maximum absolute atomic E-state index is 13.8. The van der Waals surface area contributed by atoms with Crippen LogP contribution >= 0.6 is 0 Å². The number of nitrogens with one attached hydrogen (secondary N) is 1. The van der Waals surface area contributed by atoms with E-state index in [9.17, 15) is 13.6 Å². The van der Waals surface area contributed by atoms with Gasteiger partial charge < -0.3 is 5.32 Å². The van der Waals surface area contributed by atoms with Crippen LogP contribution in [0.2, 0.25) is 0 Å². The number of benzene rings is 2. The molecule has 5 rings (SSSR count).